The SMILES string of the molecule is Cl.Cl.NCCNc1ccccc1. The maximum atomic E-state index is 5.31. The second kappa shape index (κ2) is 8.65. The minimum atomic E-state index is 0. The molecule has 0 aliphatic carbocycles. The summed E-state index contributed by atoms with van der Waals surface area (Å²) in [5, 5.41) is 3.17. The van der Waals surface area contributed by atoms with Gasteiger partial charge in [-0.05, 0) is 12.1 Å². The average molecular weight is 209 g/mol. The van der Waals surface area contributed by atoms with Gasteiger partial charge in [-0.3, -0.25) is 0 Å². The number of benzene rings is 1. The Hall–Kier alpha value is -0.440. The molecule has 1 aromatic rings. The van der Waals surface area contributed by atoms with Crippen LogP contribution in [-0.4, -0.2) is 13.1 Å². The number of hydrogen-bond acceptors (Lipinski definition) is 2. The van der Waals surface area contributed by atoms with Gasteiger partial charge in [-0.2, -0.15) is 0 Å². The minimum Gasteiger partial charge on any atom is -0.384 e. The number of anilines is 1. The van der Waals surface area contributed by atoms with Gasteiger partial charge in [0.15, 0.2) is 0 Å². The summed E-state index contributed by atoms with van der Waals surface area (Å²) in [5.74, 6) is 0. The Labute approximate surface area is 85.4 Å². The average Bonchev–Trinajstić information content (AvgIpc) is 2.03. The van der Waals surface area contributed by atoms with E-state index in [1.807, 2.05) is 30.3 Å². The lowest BCUT2D eigenvalue weighted by Crippen LogP contribution is -2.12. The zero-order valence-corrected chi connectivity index (χ0v) is 8.33. The van der Waals surface area contributed by atoms with Crippen molar-refractivity contribution in [2.45, 2.75) is 0 Å². The first kappa shape index (κ1) is 14.1. The molecule has 0 amide bonds. The largest absolute Gasteiger partial charge is 0.384 e. The topological polar surface area (TPSA) is 38.0 Å². The highest BCUT2D eigenvalue weighted by atomic mass is 35.5. The molecule has 0 bridgehead atoms. The number of rotatable bonds is 3. The minimum absolute atomic E-state index is 0. The van der Waals surface area contributed by atoms with Gasteiger partial charge in [0.1, 0.15) is 0 Å². The molecule has 0 saturated heterocycles. The summed E-state index contributed by atoms with van der Waals surface area (Å²) < 4.78 is 0. The van der Waals surface area contributed by atoms with Gasteiger partial charge in [-0.1, -0.05) is 18.2 Å². The predicted octanol–water partition coefficient (Wildman–Crippen LogP) is 1.90. The van der Waals surface area contributed by atoms with Gasteiger partial charge in [0.2, 0.25) is 0 Å². The molecule has 0 aromatic heterocycles. The molecule has 70 valence electrons. The van der Waals surface area contributed by atoms with Crippen molar-refractivity contribution in [1.29, 1.82) is 0 Å². The summed E-state index contributed by atoms with van der Waals surface area (Å²) in [7, 11) is 0. The van der Waals surface area contributed by atoms with Crippen molar-refractivity contribution in [3.8, 4) is 0 Å². The van der Waals surface area contributed by atoms with Crippen LogP contribution in [0.4, 0.5) is 5.69 Å². The fourth-order valence-corrected chi connectivity index (χ4v) is 0.773. The monoisotopic (exact) mass is 208 g/mol. The Bertz CT molecular complexity index is 180. The first-order valence-electron chi connectivity index (χ1n) is 3.42. The van der Waals surface area contributed by atoms with Crippen LogP contribution in [0.1, 0.15) is 0 Å². The van der Waals surface area contributed by atoms with E-state index in [0.717, 1.165) is 12.2 Å². The summed E-state index contributed by atoms with van der Waals surface area (Å²) in [6.07, 6.45) is 0. The number of nitrogens with two attached hydrogens (primary N) is 1. The number of halogens is 2. The van der Waals surface area contributed by atoms with Crippen LogP contribution in [0.15, 0.2) is 30.3 Å². The molecule has 2 nitrogen and oxygen atoms in total. The van der Waals surface area contributed by atoms with E-state index >= 15 is 0 Å². The Balaban J connectivity index is 0. The molecule has 0 aliphatic rings. The molecule has 0 unspecified atom stereocenters. The van der Waals surface area contributed by atoms with Crippen LogP contribution >= 0.6 is 24.8 Å². The van der Waals surface area contributed by atoms with E-state index < -0.39 is 0 Å². The molecule has 4 heteroatoms. The van der Waals surface area contributed by atoms with Crippen molar-refractivity contribution in [1.82, 2.24) is 0 Å². The van der Waals surface area contributed by atoms with Crippen LogP contribution in [0.3, 0.4) is 0 Å². The highest BCUT2D eigenvalue weighted by Gasteiger charge is 1.84. The van der Waals surface area contributed by atoms with Gasteiger partial charge in [-0.15, -0.1) is 24.8 Å². The van der Waals surface area contributed by atoms with Crippen LogP contribution in [0.2, 0.25) is 0 Å². The van der Waals surface area contributed by atoms with Crippen molar-refractivity contribution in [2.75, 3.05) is 18.4 Å². The normalized spacial score (nSPS) is 7.75. The smallest absolute Gasteiger partial charge is 0.0340 e. The first-order valence-corrected chi connectivity index (χ1v) is 3.42. The molecule has 0 spiro atoms. The van der Waals surface area contributed by atoms with Crippen LogP contribution < -0.4 is 11.1 Å². The summed E-state index contributed by atoms with van der Waals surface area (Å²) in [6, 6.07) is 10.0. The molecule has 1 aromatic carbocycles. The number of nitrogens with one attached hydrogen (secondary N) is 1. The van der Waals surface area contributed by atoms with E-state index in [-0.39, 0.29) is 24.8 Å². The van der Waals surface area contributed by atoms with Gasteiger partial charge in [0.05, 0.1) is 0 Å². The third-order valence-electron chi connectivity index (χ3n) is 1.25. The van der Waals surface area contributed by atoms with Crippen molar-refractivity contribution in [2.24, 2.45) is 5.73 Å². The van der Waals surface area contributed by atoms with E-state index in [4.69, 9.17) is 5.73 Å². The Morgan fingerprint density at radius 1 is 1.08 bits per heavy atom. The van der Waals surface area contributed by atoms with Crippen molar-refractivity contribution >= 4 is 30.5 Å². The zero-order chi connectivity index (χ0) is 7.23. The van der Waals surface area contributed by atoms with E-state index in [2.05, 4.69) is 5.32 Å². The molecule has 0 radical (unpaired) electrons. The van der Waals surface area contributed by atoms with Crippen LogP contribution in [0.25, 0.3) is 0 Å². The summed E-state index contributed by atoms with van der Waals surface area (Å²) in [5.41, 5.74) is 6.45. The van der Waals surface area contributed by atoms with Crippen molar-refractivity contribution < 1.29 is 0 Å². The van der Waals surface area contributed by atoms with E-state index in [0.29, 0.717) is 6.54 Å². The van der Waals surface area contributed by atoms with E-state index in [1.165, 1.54) is 0 Å². The maximum Gasteiger partial charge on any atom is 0.0340 e. The molecule has 12 heavy (non-hydrogen) atoms. The molecule has 0 saturated carbocycles. The molecule has 0 aliphatic heterocycles. The van der Waals surface area contributed by atoms with Crippen LogP contribution in [0, 0.1) is 0 Å². The Morgan fingerprint density at radius 2 is 1.67 bits per heavy atom. The Kier molecular flexibility index (Phi) is 10.2. The fraction of sp³-hybridized carbons (Fsp3) is 0.250. The molecule has 1 rings (SSSR count). The van der Waals surface area contributed by atoms with E-state index in [9.17, 15) is 0 Å². The second-order valence-corrected chi connectivity index (χ2v) is 2.08. The molecule has 0 atom stereocenters. The lowest BCUT2D eigenvalue weighted by atomic mass is 10.3. The highest BCUT2D eigenvalue weighted by molar-refractivity contribution is 5.85. The van der Waals surface area contributed by atoms with Crippen molar-refractivity contribution in [3.63, 3.8) is 0 Å². The van der Waals surface area contributed by atoms with Gasteiger partial charge in [0, 0.05) is 18.8 Å². The van der Waals surface area contributed by atoms with Gasteiger partial charge in [-0.25, -0.2) is 0 Å². The maximum absolute atomic E-state index is 5.31. The summed E-state index contributed by atoms with van der Waals surface area (Å²) >= 11 is 0. The standard InChI is InChI=1S/C8H12N2.2ClH/c9-6-7-10-8-4-2-1-3-5-8;;/h1-5,10H,6-7,9H2;2*1H. The van der Waals surface area contributed by atoms with Crippen LogP contribution in [0.5, 0.6) is 0 Å². The molecule has 3 N–H and O–H groups in total. The lowest BCUT2D eigenvalue weighted by molar-refractivity contribution is 1.02. The lowest BCUT2D eigenvalue weighted by Gasteiger charge is -2.01. The number of para-hydroxylation sites is 1. The quantitative estimate of drug-likeness (QED) is 0.797. The third-order valence-corrected chi connectivity index (χ3v) is 1.25. The Morgan fingerprint density at radius 3 is 2.17 bits per heavy atom. The van der Waals surface area contributed by atoms with Gasteiger partial charge in [0.25, 0.3) is 0 Å². The highest BCUT2D eigenvalue weighted by Crippen LogP contribution is 2.02. The molecule has 0 fully saturated rings. The number of hydrogen-bond donors (Lipinski definition) is 2. The summed E-state index contributed by atoms with van der Waals surface area (Å²) in [4.78, 5) is 0. The molecular formula is C8H14Cl2N2. The molecular weight excluding hydrogens is 195 g/mol. The van der Waals surface area contributed by atoms with Crippen LogP contribution in [-0.2, 0) is 0 Å². The van der Waals surface area contributed by atoms with E-state index in [1.54, 1.807) is 0 Å². The van der Waals surface area contributed by atoms with Gasteiger partial charge < -0.3 is 11.1 Å². The second-order valence-electron chi connectivity index (χ2n) is 2.08. The first-order chi connectivity index (χ1) is 4.93. The fourth-order valence-electron chi connectivity index (χ4n) is 0.773. The third kappa shape index (κ3) is 5.24. The molecule has 0 heterocycles. The van der Waals surface area contributed by atoms with Crippen molar-refractivity contribution in [3.05, 3.63) is 30.3 Å². The van der Waals surface area contributed by atoms with Gasteiger partial charge >= 0.3 is 0 Å². The zero-order valence-electron chi connectivity index (χ0n) is 6.69. The predicted molar refractivity (Wildman–Crippen MR) is 58.5 cm³/mol. The summed E-state index contributed by atoms with van der Waals surface area (Å²) in [6.45, 7) is 1.51.